The number of rotatable bonds is 6. The fourth-order valence-electron chi connectivity index (χ4n) is 7.02. The number of piperidine rings is 1. The van der Waals surface area contributed by atoms with E-state index in [1.165, 1.54) is 13.4 Å². The van der Waals surface area contributed by atoms with Gasteiger partial charge in [0.05, 0.1) is 19.9 Å². The van der Waals surface area contributed by atoms with Crippen LogP contribution in [0.1, 0.15) is 54.6 Å². The fourth-order valence-corrected chi connectivity index (χ4v) is 7.02. The Balaban J connectivity index is 1.25. The normalized spacial score (nSPS) is 22.5. The van der Waals surface area contributed by atoms with Crippen LogP contribution in [0.4, 0.5) is 0 Å². The van der Waals surface area contributed by atoms with Gasteiger partial charge in [-0.15, -0.1) is 0 Å². The molecular formula is C34H37N3O6. The van der Waals surface area contributed by atoms with Gasteiger partial charge in [-0.2, -0.15) is 0 Å². The lowest BCUT2D eigenvalue weighted by Gasteiger charge is -2.46. The van der Waals surface area contributed by atoms with Crippen molar-refractivity contribution < 1.29 is 28.3 Å². The van der Waals surface area contributed by atoms with E-state index in [4.69, 9.17) is 9.15 Å². The van der Waals surface area contributed by atoms with Gasteiger partial charge in [-0.3, -0.25) is 19.2 Å². The first-order chi connectivity index (χ1) is 20.9. The molecule has 0 saturated carbocycles. The number of piperazine rings is 1. The standard InChI is InChI=1S/C34H37N3O6/c1-42-33(41)34-15-6-2-3-14-29(34)37(23-25-11-7-10-24-9-4-5-12-27(24)25)31(39)26(22-34)21-30(38)35-16-18-36(19-17-35)32(40)28-13-8-20-43-28/h4-5,7-14,20,26H,2-3,6,15-19,21-23H2,1H3/t26-,34+/m1/s1. The van der Waals surface area contributed by atoms with E-state index in [0.717, 1.165) is 35.6 Å². The Kier molecular flexibility index (Phi) is 8.06. The summed E-state index contributed by atoms with van der Waals surface area (Å²) in [5, 5.41) is 2.13. The van der Waals surface area contributed by atoms with Crippen LogP contribution in [-0.2, 0) is 25.7 Å². The number of nitrogens with zero attached hydrogens (tertiary/aromatic N) is 3. The van der Waals surface area contributed by atoms with E-state index >= 15 is 0 Å². The molecule has 9 nitrogen and oxygen atoms in total. The molecule has 2 fully saturated rings. The third kappa shape index (κ3) is 5.44. The molecule has 3 heterocycles. The number of ether oxygens (including phenoxy) is 1. The maximum absolute atomic E-state index is 14.3. The van der Waals surface area contributed by atoms with E-state index in [9.17, 15) is 19.2 Å². The van der Waals surface area contributed by atoms with Crippen molar-refractivity contribution in [2.45, 2.75) is 45.1 Å². The molecule has 0 bridgehead atoms. The SMILES string of the molecule is COC(=O)[C@]12CCCCC=C1N(Cc1cccc3ccccc13)C(=O)[C@H](CC(=O)N1CCN(C(=O)c3ccco3)CC1)C2. The minimum Gasteiger partial charge on any atom is -0.468 e. The summed E-state index contributed by atoms with van der Waals surface area (Å²) in [7, 11) is 1.40. The Morgan fingerprint density at radius 3 is 2.49 bits per heavy atom. The number of hydrogen-bond donors (Lipinski definition) is 0. The molecule has 224 valence electrons. The summed E-state index contributed by atoms with van der Waals surface area (Å²) in [5.41, 5.74) is 0.714. The summed E-state index contributed by atoms with van der Waals surface area (Å²) in [6.07, 6.45) is 6.86. The molecule has 2 saturated heterocycles. The van der Waals surface area contributed by atoms with Gasteiger partial charge in [0.25, 0.3) is 5.91 Å². The summed E-state index contributed by atoms with van der Waals surface area (Å²) in [4.78, 5) is 59.3. The Labute approximate surface area is 251 Å². The second kappa shape index (κ2) is 12.1. The van der Waals surface area contributed by atoms with Crippen LogP contribution in [0.25, 0.3) is 10.8 Å². The zero-order valence-corrected chi connectivity index (χ0v) is 24.5. The quantitative estimate of drug-likeness (QED) is 0.388. The van der Waals surface area contributed by atoms with Gasteiger partial charge in [0.1, 0.15) is 5.41 Å². The van der Waals surface area contributed by atoms with E-state index in [0.29, 0.717) is 44.8 Å². The summed E-state index contributed by atoms with van der Waals surface area (Å²) < 4.78 is 10.6. The van der Waals surface area contributed by atoms with Crippen molar-refractivity contribution in [2.75, 3.05) is 33.3 Å². The Hall–Kier alpha value is -4.40. The molecule has 43 heavy (non-hydrogen) atoms. The van der Waals surface area contributed by atoms with E-state index in [2.05, 4.69) is 0 Å². The van der Waals surface area contributed by atoms with Gasteiger partial charge in [-0.05, 0) is 54.2 Å². The molecule has 3 amide bonds. The number of methoxy groups -OCH3 is 1. The molecule has 0 N–H and O–H groups in total. The largest absolute Gasteiger partial charge is 0.468 e. The number of esters is 1. The van der Waals surface area contributed by atoms with E-state index in [1.54, 1.807) is 26.8 Å². The predicted molar refractivity (Wildman–Crippen MR) is 159 cm³/mol. The van der Waals surface area contributed by atoms with Crippen LogP contribution < -0.4 is 0 Å². The van der Waals surface area contributed by atoms with E-state index < -0.39 is 11.3 Å². The van der Waals surface area contributed by atoms with Crippen molar-refractivity contribution in [3.8, 4) is 0 Å². The Morgan fingerprint density at radius 1 is 0.953 bits per heavy atom. The lowest BCUT2D eigenvalue weighted by atomic mass is 9.68. The van der Waals surface area contributed by atoms with Crippen LogP contribution in [0, 0.1) is 11.3 Å². The average molecular weight is 584 g/mol. The van der Waals surface area contributed by atoms with Crippen molar-refractivity contribution in [2.24, 2.45) is 11.3 Å². The zero-order valence-electron chi connectivity index (χ0n) is 24.5. The summed E-state index contributed by atoms with van der Waals surface area (Å²) in [6.45, 7) is 1.83. The summed E-state index contributed by atoms with van der Waals surface area (Å²) >= 11 is 0. The first-order valence-electron chi connectivity index (χ1n) is 15.1. The van der Waals surface area contributed by atoms with Crippen molar-refractivity contribution >= 4 is 34.5 Å². The van der Waals surface area contributed by atoms with E-state index in [-0.39, 0.29) is 42.3 Å². The van der Waals surface area contributed by atoms with Crippen LogP contribution in [0.5, 0.6) is 0 Å². The van der Waals surface area contributed by atoms with Crippen molar-refractivity contribution in [3.05, 3.63) is 84.0 Å². The molecule has 2 aliphatic heterocycles. The average Bonchev–Trinajstić information content (AvgIpc) is 3.50. The predicted octanol–water partition coefficient (Wildman–Crippen LogP) is 4.77. The molecule has 3 aromatic rings. The zero-order chi connectivity index (χ0) is 30.0. The number of benzene rings is 2. The highest BCUT2D eigenvalue weighted by Gasteiger charge is 2.54. The van der Waals surface area contributed by atoms with Crippen molar-refractivity contribution in [1.29, 1.82) is 0 Å². The van der Waals surface area contributed by atoms with E-state index in [1.807, 2.05) is 48.5 Å². The Morgan fingerprint density at radius 2 is 1.72 bits per heavy atom. The number of fused-ring (bicyclic) bond motifs is 2. The molecule has 3 aliphatic rings. The first kappa shape index (κ1) is 28.7. The smallest absolute Gasteiger partial charge is 0.317 e. The van der Waals surface area contributed by atoms with Gasteiger partial charge in [0.15, 0.2) is 5.76 Å². The van der Waals surface area contributed by atoms with Gasteiger partial charge >= 0.3 is 5.97 Å². The lowest BCUT2D eigenvalue weighted by Crippen LogP contribution is -2.54. The fraction of sp³-hybridized carbons (Fsp3) is 0.412. The monoisotopic (exact) mass is 583 g/mol. The highest BCUT2D eigenvalue weighted by atomic mass is 16.5. The number of amides is 3. The molecular weight excluding hydrogens is 546 g/mol. The summed E-state index contributed by atoms with van der Waals surface area (Å²) in [5.74, 6) is -1.22. The number of carbonyl (C=O) groups is 4. The van der Waals surface area contributed by atoms with Crippen LogP contribution in [0.2, 0.25) is 0 Å². The molecule has 0 unspecified atom stereocenters. The third-order valence-corrected chi connectivity index (χ3v) is 9.24. The van der Waals surface area contributed by atoms with Crippen LogP contribution in [0.15, 0.2) is 77.1 Å². The minimum absolute atomic E-state index is 0.00300. The molecule has 0 spiro atoms. The topological polar surface area (TPSA) is 100 Å². The number of carbonyl (C=O) groups excluding carboxylic acids is 4. The molecule has 2 atom stereocenters. The minimum atomic E-state index is -0.983. The Bertz CT molecular complexity index is 1550. The molecule has 1 aliphatic carbocycles. The number of hydrogen-bond acceptors (Lipinski definition) is 6. The van der Waals surface area contributed by atoms with Gasteiger partial charge in [-0.25, -0.2) is 0 Å². The number of furan rings is 1. The van der Waals surface area contributed by atoms with Gasteiger partial charge in [0, 0.05) is 44.2 Å². The maximum Gasteiger partial charge on any atom is 0.317 e. The van der Waals surface area contributed by atoms with Crippen molar-refractivity contribution in [3.63, 3.8) is 0 Å². The van der Waals surface area contributed by atoms with Gasteiger partial charge in [-0.1, -0.05) is 55.0 Å². The van der Waals surface area contributed by atoms with Crippen molar-refractivity contribution in [1.82, 2.24) is 14.7 Å². The molecule has 0 radical (unpaired) electrons. The molecule has 9 heteroatoms. The highest BCUT2D eigenvalue weighted by molar-refractivity contribution is 5.94. The number of likely N-dealkylation sites (tertiary alicyclic amines) is 1. The van der Waals surface area contributed by atoms with Gasteiger partial charge in [0.2, 0.25) is 11.8 Å². The van der Waals surface area contributed by atoms with Crippen LogP contribution in [-0.4, -0.2) is 71.7 Å². The number of allylic oxidation sites excluding steroid dienone is 1. The highest BCUT2D eigenvalue weighted by Crippen LogP contribution is 2.50. The molecule has 1 aromatic heterocycles. The summed E-state index contributed by atoms with van der Waals surface area (Å²) in [6, 6.07) is 17.4. The maximum atomic E-state index is 14.3. The first-order valence-corrected chi connectivity index (χ1v) is 15.1. The molecule has 2 aromatic carbocycles. The second-order valence-electron chi connectivity index (χ2n) is 11.7. The second-order valence-corrected chi connectivity index (χ2v) is 11.7. The van der Waals surface area contributed by atoms with Crippen LogP contribution >= 0.6 is 0 Å². The lowest BCUT2D eigenvalue weighted by molar-refractivity contribution is -0.160. The molecule has 6 rings (SSSR count). The van der Waals surface area contributed by atoms with Crippen LogP contribution in [0.3, 0.4) is 0 Å². The third-order valence-electron chi connectivity index (χ3n) is 9.24. The van der Waals surface area contributed by atoms with Gasteiger partial charge < -0.3 is 23.9 Å².